The summed E-state index contributed by atoms with van der Waals surface area (Å²) in [6, 6.07) is 0. The molecule has 0 amide bonds. The zero-order valence-corrected chi connectivity index (χ0v) is 38.8. The van der Waals surface area contributed by atoms with Crippen LogP contribution in [0.5, 0.6) is 0 Å². The van der Waals surface area contributed by atoms with E-state index in [1.165, 1.54) is 180 Å². The van der Waals surface area contributed by atoms with Crippen LogP contribution in [0.3, 0.4) is 0 Å². The van der Waals surface area contributed by atoms with E-state index in [0.717, 1.165) is 63.7 Å². The third-order valence-corrected chi connectivity index (χ3v) is 11.5. The number of ether oxygens (including phenoxy) is 3. The number of esters is 3. The Hall–Kier alpha value is -1.59. The van der Waals surface area contributed by atoms with Gasteiger partial charge in [0.2, 0.25) is 0 Å². The molecular weight excluding hydrogens is 709 g/mol. The summed E-state index contributed by atoms with van der Waals surface area (Å²) in [7, 11) is 0. The molecule has 0 aliphatic heterocycles. The van der Waals surface area contributed by atoms with Gasteiger partial charge in [-0.25, -0.2) is 0 Å². The molecule has 0 aromatic rings. The van der Waals surface area contributed by atoms with Gasteiger partial charge >= 0.3 is 17.9 Å². The second kappa shape index (κ2) is 45.5. The molecule has 0 saturated heterocycles. The first kappa shape index (κ1) is 55.4. The van der Waals surface area contributed by atoms with E-state index in [1.807, 2.05) is 0 Å². The van der Waals surface area contributed by atoms with Crippen molar-refractivity contribution in [3.05, 3.63) is 0 Å². The minimum absolute atomic E-state index is 0.0628. The van der Waals surface area contributed by atoms with Crippen molar-refractivity contribution in [3.8, 4) is 0 Å². The molecule has 0 N–H and O–H groups in total. The summed E-state index contributed by atoms with van der Waals surface area (Å²) in [6.45, 7) is 9.02. The molecular formula is C51H98O6. The topological polar surface area (TPSA) is 78.9 Å². The van der Waals surface area contributed by atoms with Crippen LogP contribution in [0.4, 0.5) is 0 Å². The van der Waals surface area contributed by atoms with Gasteiger partial charge in [-0.2, -0.15) is 0 Å². The molecule has 0 rings (SSSR count). The predicted molar refractivity (Wildman–Crippen MR) is 243 cm³/mol. The van der Waals surface area contributed by atoms with Crippen LogP contribution >= 0.6 is 0 Å². The molecule has 0 bridgehead atoms. The standard InChI is InChI=1S/C51H98O6/c1-5-7-9-11-13-15-17-23-27-31-35-39-43-50(53)56-46-48(45-55-49(52)42-38-34-30-26-21-16-14-12-10-8-6-2)57-51(54)44-40-36-32-28-24-20-18-19-22-25-29-33-37-41-47(3)4/h47-48H,5-46H2,1-4H3/t48-/m0/s1. The maximum Gasteiger partial charge on any atom is 0.306 e. The van der Waals surface area contributed by atoms with Crippen molar-refractivity contribution in [2.45, 2.75) is 291 Å². The number of hydrogen-bond acceptors (Lipinski definition) is 6. The first-order valence-corrected chi connectivity index (χ1v) is 25.4. The highest BCUT2D eigenvalue weighted by atomic mass is 16.6. The summed E-state index contributed by atoms with van der Waals surface area (Å²) in [5, 5.41) is 0. The van der Waals surface area contributed by atoms with Crippen LogP contribution in [-0.2, 0) is 28.6 Å². The molecule has 0 aromatic carbocycles. The smallest absolute Gasteiger partial charge is 0.306 e. The van der Waals surface area contributed by atoms with Gasteiger partial charge in [-0.3, -0.25) is 14.4 Å². The normalized spacial score (nSPS) is 11.9. The van der Waals surface area contributed by atoms with E-state index in [2.05, 4.69) is 27.7 Å². The lowest BCUT2D eigenvalue weighted by atomic mass is 10.0. The Labute approximate surface area is 355 Å². The Bertz CT molecular complexity index is 857. The molecule has 0 fully saturated rings. The molecule has 0 heterocycles. The predicted octanol–water partition coefficient (Wildman–Crippen LogP) is 16.3. The van der Waals surface area contributed by atoms with Gasteiger partial charge in [0.1, 0.15) is 13.2 Å². The van der Waals surface area contributed by atoms with Crippen molar-refractivity contribution in [1.82, 2.24) is 0 Å². The van der Waals surface area contributed by atoms with Crippen molar-refractivity contribution < 1.29 is 28.6 Å². The van der Waals surface area contributed by atoms with Gasteiger partial charge < -0.3 is 14.2 Å². The van der Waals surface area contributed by atoms with Crippen LogP contribution in [0.2, 0.25) is 0 Å². The Morgan fingerprint density at radius 3 is 0.860 bits per heavy atom. The van der Waals surface area contributed by atoms with Crippen molar-refractivity contribution >= 4 is 17.9 Å². The van der Waals surface area contributed by atoms with Crippen molar-refractivity contribution in [2.24, 2.45) is 5.92 Å². The lowest BCUT2D eigenvalue weighted by Gasteiger charge is -2.18. The van der Waals surface area contributed by atoms with Gasteiger partial charge in [-0.15, -0.1) is 0 Å². The third kappa shape index (κ3) is 45.3. The quantitative estimate of drug-likeness (QED) is 0.0346. The summed E-state index contributed by atoms with van der Waals surface area (Å²) < 4.78 is 16.8. The van der Waals surface area contributed by atoms with E-state index >= 15 is 0 Å². The fraction of sp³-hybridized carbons (Fsp3) is 0.941. The number of rotatable bonds is 46. The molecule has 0 saturated carbocycles. The Kier molecular flexibility index (Phi) is 44.2. The molecule has 0 aliphatic rings. The summed E-state index contributed by atoms with van der Waals surface area (Å²) in [4.78, 5) is 37.9. The van der Waals surface area contributed by atoms with E-state index in [9.17, 15) is 14.4 Å². The second-order valence-corrected chi connectivity index (χ2v) is 17.9. The van der Waals surface area contributed by atoms with Gasteiger partial charge in [-0.05, 0) is 25.2 Å². The SMILES string of the molecule is CCCCCCCCCCCCCCC(=O)OC[C@H](COC(=O)CCCCCCCCCCCCC)OC(=O)CCCCCCCCCCCCCCCC(C)C. The van der Waals surface area contributed by atoms with Crippen molar-refractivity contribution in [3.63, 3.8) is 0 Å². The fourth-order valence-corrected chi connectivity index (χ4v) is 7.69. The highest BCUT2D eigenvalue weighted by Gasteiger charge is 2.19. The largest absolute Gasteiger partial charge is 0.462 e. The average Bonchev–Trinajstić information content (AvgIpc) is 3.19. The molecule has 6 heteroatoms. The lowest BCUT2D eigenvalue weighted by molar-refractivity contribution is -0.167. The van der Waals surface area contributed by atoms with E-state index in [4.69, 9.17) is 14.2 Å². The summed E-state index contributed by atoms with van der Waals surface area (Å²) in [5.41, 5.74) is 0. The summed E-state index contributed by atoms with van der Waals surface area (Å²) in [5.74, 6) is -0.00787. The Morgan fingerprint density at radius 2 is 0.579 bits per heavy atom. The lowest BCUT2D eigenvalue weighted by Crippen LogP contribution is -2.30. The zero-order chi connectivity index (χ0) is 41.7. The van der Waals surface area contributed by atoms with Crippen molar-refractivity contribution in [1.29, 1.82) is 0 Å². The van der Waals surface area contributed by atoms with Crippen LogP contribution in [0.25, 0.3) is 0 Å². The number of unbranched alkanes of at least 4 members (excludes halogenated alkanes) is 33. The van der Waals surface area contributed by atoms with Crippen LogP contribution in [0, 0.1) is 5.92 Å². The molecule has 6 nitrogen and oxygen atoms in total. The minimum atomic E-state index is -0.760. The molecule has 1 atom stereocenters. The monoisotopic (exact) mass is 807 g/mol. The van der Waals surface area contributed by atoms with Gasteiger partial charge in [0.25, 0.3) is 0 Å². The van der Waals surface area contributed by atoms with Gasteiger partial charge in [-0.1, -0.05) is 246 Å². The van der Waals surface area contributed by atoms with Gasteiger partial charge in [0, 0.05) is 19.3 Å². The second-order valence-electron chi connectivity index (χ2n) is 17.9. The van der Waals surface area contributed by atoms with E-state index in [-0.39, 0.29) is 31.1 Å². The van der Waals surface area contributed by atoms with Crippen LogP contribution in [0.1, 0.15) is 285 Å². The van der Waals surface area contributed by atoms with E-state index in [1.54, 1.807) is 0 Å². The third-order valence-electron chi connectivity index (χ3n) is 11.5. The molecule has 0 aromatic heterocycles. The molecule has 0 radical (unpaired) electrons. The van der Waals surface area contributed by atoms with Crippen LogP contribution < -0.4 is 0 Å². The summed E-state index contributed by atoms with van der Waals surface area (Å²) >= 11 is 0. The Balaban J connectivity index is 4.30. The van der Waals surface area contributed by atoms with Gasteiger partial charge in [0.05, 0.1) is 0 Å². The molecule has 0 spiro atoms. The first-order valence-electron chi connectivity index (χ1n) is 25.4. The van der Waals surface area contributed by atoms with E-state index < -0.39 is 6.10 Å². The Morgan fingerprint density at radius 1 is 0.333 bits per heavy atom. The minimum Gasteiger partial charge on any atom is -0.462 e. The molecule has 0 unspecified atom stereocenters. The van der Waals surface area contributed by atoms with Gasteiger partial charge in [0.15, 0.2) is 6.10 Å². The van der Waals surface area contributed by atoms with Crippen molar-refractivity contribution in [2.75, 3.05) is 13.2 Å². The number of carbonyl (C=O) groups excluding carboxylic acids is 3. The highest BCUT2D eigenvalue weighted by Crippen LogP contribution is 2.17. The number of hydrogen-bond donors (Lipinski definition) is 0. The summed E-state index contributed by atoms with van der Waals surface area (Å²) in [6.07, 6.45) is 46.5. The maximum absolute atomic E-state index is 12.8. The maximum atomic E-state index is 12.8. The van der Waals surface area contributed by atoms with E-state index in [0.29, 0.717) is 19.3 Å². The molecule has 57 heavy (non-hydrogen) atoms. The molecule has 0 aliphatic carbocycles. The zero-order valence-electron chi connectivity index (χ0n) is 38.8. The fourth-order valence-electron chi connectivity index (χ4n) is 7.69. The molecule has 338 valence electrons. The number of carbonyl (C=O) groups is 3. The average molecular weight is 807 g/mol. The first-order chi connectivity index (χ1) is 27.9. The highest BCUT2D eigenvalue weighted by molar-refractivity contribution is 5.71. The van der Waals surface area contributed by atoms with Crippen LogP contribution in [0.15, 0.2) is 0 Å². The van der Waals surface area contributed by atoms with Crippen LogP contribution in [-0.4, -0.2) is 37.2 Å².